The molecule has 1 amide bonds. The molecule has 2 rings (SSSR count). The highest BCUT2D eigenvalue weighted by Crippen LogP contribution is 2.12. The van der Waals surface area contributed by atoms with Gasteiger partial charge in [-0.05, 0) is 37.3 Å². The van der Waals surface area contributed by atoms with Crippen molar-refractivity contribution in [3.8, 4) is 0 Å². The third-order valence-corrected chi connectivity index (χ3v) is 2.34. The molecule has 0 aliphatic heterocycles. The molecule has 17 heavy (non-hydrogen) atoms. The van der Waals surface area contributed by atoms with Crippen LogP contribution < -0.4 is 5.32 Å². The van der Waals surface area contributed by atoms with Crippen LogP contribution in [0.25, 0.3) is 0 Å². The maximum atomic E-state index is 13.0. The molecule has 0 unspecified atom stereocenters. The second-order valence-electron chi connectivity index (χ2n) is 3.60. The van der Waals surface area contributed by atoms with E-state index in [1.807, 2.05) is 0 Å². The predicted octanol–water partition coefficient (Wildman–Crippen LogP) is 2.78. The largest absolute Gasteiger partial charge is 0.320 e. The van der Waals surface area contributed by atoms with E-state index in [9.17, 15) is 9.18 Å². The lowest BCUT2D eigenvalue weighted by molar-refractivity contribution is 0.102. The van der Waals surface area contributed by atoms with Gasteiger partial charge < -0.3 is 5.32 Å². The molecular formula is C13H11FN2O. The molecular weight excluding hydrogens is 219 g/mol. The van der Waals surface area contributed by atoms with E-state index >= 15 is 0 Å². The Kier molecular flexibility index (Phi) is 3.14. The summed E-state index contributed by atoms with van der Waals surface area (Å²) in [4.78, 5) is 15.9. The molecule has 4 heteroatoms. The molecule has 0 saturated carbocycles. The molecule has 1 N–H and O–H groups in total. The SMILES string of the molecule is Cc1ncccc1NC(=O)c1cccc(F)c1. The van der Waals surface area contributed by atoms with Crippen LogP contribution >= 0.6 is 0 Å². The molecule has 2 aromatic rings. The van der Waals surface area contributed by atoms with Crippen molar-refractivity contribution in [1.29, 1.82) is 0 Å². The quantitative estimate of drug-likeness (QED) is 0.861. The summed E-state index contributed by atoms with van der Waals surface area (Å²) in [5.74, 6) is -0.777. The van der Waals surface area contributed by atoms with Crippen LogP contribution in [0.2, 0.25) is 0 Å². The third-order valence-electron chi connectivity index (χ3n) is 2.34. The Morgan fingerprint density at radius 3 is 2.82 bits per heavy atom. The molecule has 86 valence electrons. The van der Waals surface area contributed by atoms with E-state index in [0.717, 1.165) is 5.69 Å². The van der Waals surface area contributed by atoms with Gasteiger partial charge in [-0.3, -0.25) is 9.78 Å². The summed E-state index contributed by atoms with van der Waals surface area (Å²) < 4.78 is 13.0. The molecule has 1 aromatic carbocycles. The first-order chi connectivity index (χ1) is 8.16. The van der Waals surface area contributed by atoms with Crippen molar-refractivity contribution in [2.24, 2.45) is 0 Å². The number of carbonyl (C=O) groups excluding carboxylic acids is 1. The van der Waals surface area contributed by atoms with Gasteiger partial charge in [-0.2, -0.15) is 0 Å². The average molecular weight is 230 g/mol. The highest BCUT2D eigenvalue weighted by Gasteiger charge is 2.08. The van der Waals surface area contributed by atoms with Crippen molar-refractivity contribution >= 4 is 11.6 Å². The number of carbonyl (C=O) groups is 1. The van der Waals surface area contributed by atoms with E-state index in [2.05, 4.69) is 10.3 Å². The van der Waals surface area contributed by atoms with E-state index in [1.54, 1.807) is 31.3 Å². The summed E-state index contributed by atoms with van der Waals surface area (Å²) in [6.45, 7) is 1.79. The number of nitrogens with one attached hydrogen (secondary N) is 1. The number of rotatable bonds is 2. The van der Waals surface area contributed by atoms with Crippen LogP contribution in [0.1, 0.15) is 16.1 Å². The van der Waals surface area contributed by atoms with Gasteiger partial charge in [0.25, 0.3) is 5.91 Å². The van der Waals surface area contributed by atoms with Crippen molar-refractivity contribution in [3.05, 3.63) is 59.7 Å². The average Bonchev–Trinajstić information content (AvgIpc) is 2.32. The second kappa shape index (κ2) is 4.74. The van der Waals surface area contributed by atoms with Gasteiger partial charge in [0.1, 0.15) is 5.82 Å². The monoisotopic (exact) mass is 230 g/mol. The number of aromatic nitrogens is 1. The minimum Gasteiger partial charge on any atom is -0.320 e. The van der Waals surface area contributed by atoms with Crippen molar-refractivity contribution in [2.75, 3.05) is 5.32 Å². The van der Waals surface area contributed by atoms with Crippen LogP contribution in [0.4, 0.5) is 10.1 Å². The molecule has 1 heterocycles. The van der Waals surface area contributed by atoms with Gasteiger partial charge >= 0.3 is 0 Å². The number of halogens is 1. The Morgan fingerprint density at radius 1 is 1.29 bits per heavy atom. The first kappa shape index (κ1) is 11.3. The Hall–Kier alpha value is -2.23. The normalized spacial score (nSPS) is 10.0. The standard InChI is InChI=1S/C13H11FN2O/c1-9-12(6-3-7-15-9)16-13(17)10-4-2-5-11(14)8-10/h2-8H,1H3,(H,16,17). The van der Waals surface area contributed by atoms with Crippen LogP contribution in [-0.4, -0.2) is 10.9 Å². The topological polar surface area (TPSA) is 42.0 Å². The van der Waals surface area contributed by atoms with E-state index in [1.165, 1.54) is 18.2 Å². The summed E-state index contributed by atoms with van der Waals surface area (Å²) in [6, 6.07) is 9.03. The lowest BCUT2D eigenvalue weighted by atomic mass is 10.2. The van der Waals surface area contributed by atoms with Crippen LogP contribution in [-0.2, 0) is 0 Å². The minimum absolute atomic E-state index is 0.285. The summed E-state index contributed by atoms with van der Waals surface area (Å²) in [7, 11) is 0. The van der Waals surface area contributed by atoms with E-state index < -0.39 is 5.82 Å². The number of hydrogen-bond donors (Lipinski definition) is 1. The summed E-state index contributed by atoms with van der Waals surface area (Å²) in [6.07, 6.45) is 1.65. The minimum atomic E-state index is -0.430. The highest BCUT2D eigenvalue weighted by atomic mass is 19.1. The number of amides is 1. The zero-order valence-corrected chi connectivity index (χ0v) is 9.27. The van der Waals surface area contributed by atoms with Crippen molar-refractivity contribution < 1.29 is 9.18 Å². The van der Waals surface area contributed by atoms with Crippen molar-refractivity contribution in [2.45, 2.75) is 6.92 Å². The molecule has 0 aliphatic rings. The second-order valence-corrected chi connectivity index (χ2v) is 3.60. The Labute approximate surface area is 98.3 Å². The molecule has 0 radical (unpaired) electrons. The van der Waals surface area contributed by atoms with Gasteiger partial charge in [-0.25, -0.2) is 4.39 Å². The zero-order valence-electron chi connectivity index (χ0n) is 9.27. The van der Waals surface area contributed by atoms with Gasteiger partial charge in [0.05, 0.1) is 11.4 Å². The Bertz CT molecular complexity index is 555. The summed E-state index contributed by atoms with van der Waals surface area (Å²) >= 11 is 0. The maximum absolute atomic E-state index is 13.0. The first-order valence-corrected chi connectivity index (χ1v) is 5.15. The number of pyridine rings is 1. The predicted molar refractivity (Wildman–Crippen MR) is 63.3 cm³/mol. The smallest absolute Gasteiger partial charge is 0.255 e. The summed E-state index contributed by atoms with van der Waals surface area (Å²) in [5.41, 5.74) is 1.63. The van der Waals surface area contributed by atoms with Crippen LogP contribution in [0.5, 0.6) is 0 Å². The molecule has 0 aliphatic carbocycles. The van der Waals surface area contributed by atoms with Gasteiger partial charge in [0, 0.05) is 11.8 Å². The Morgan fingerprint density at radius 2 is 2.12 bits per heavy atom. The number of aryl methyl sites for hydroxylation is 1. The Balaban J connectivity index is 2.20. The number of hydrogen-bond acceptors (Lipinski definition) is 2. The number of anilines is 1. The highest BCUT2D eigenvalue weighted by molar-refractivity contribution is 6.04. The van der Waals surface area contributed by atoms with Crippen molar-refractivity contribution in [1.82, 2.24) is 4.98 Å². The third kappa shape index (κ3) is 2.66. The van der Waals surface area contributed by atoms with Gasteiger partial charge in [0.2, 0.25) is 0 Å². The fourth-order valence-corrected chi connectivity index (χ4v) is 1.44. The lowest BCUT2D eigenvalue weighted by Crippen LogP contribution is -2.13. The number of nitrogens with zero attached hydrogens (tertiary/aromatic N) is 1. The molecule has 3 nitrogen and oxygen atoms in total. The first-order valence-electron chi connectivity index (χ1n) is 5.15. The summed E-state index contributed by atoms with van der Waals surface area (Å²) in [5, 5.41) is 2.69. The van der Waals surface area contributed by atoms with Crippen LogP contribution in [0.15, 0.2) is 42.6 Å². The fourth-order valence-electron chi connectivity index (χ4n) is 1.44. The molecule has 0 fully saturated rings. The van der Waals surface area contributed by atoms with E-state index in [-0.39, 0.29) is 11.5 Å². The zero-order chi connectivity index (χ0) is 12.3. The number of benzene rings is 1. The molecule has 0 atom stereocenters. The van der Waals surface area contributed by atoms with Gasteiger partial charge in [-0.1, -0.05) is 6.07 Å². The van der Waals surface area contributed by atoms with Crippen LogP contribution in [0.3, 0.4) is 0 Å². The van der Waals surface area contributed by atoms with Crippen LogP contribution in [0, 0.1) is 12.7 Å². The van der Waals surface area contributed by atoms with Gasteiger partial charge in [0.15, 0.2) is 0 Å². The van der Waals surface area contributed by atoms with E-state index in [0.29, 0.717) is 5.69 Å². The lowest BCUT2D eigenvalue weighted by Gasteiger charge is -2.07. The van der Waals surface area contributed by atoms with Gasteiger partial charge in [-0.15, -0.1) is 0 Å². The van der Waals surface area contributed by atoms with E-state index in [4.69, 9.17) is 0 Å². The molecule has 0 spiro atoms. The molecule has 1 aromatic heterocycles. The van der Waals surface area contributed by atoms with Crippen molar-refractivity contribution in [3.63, 3.8) is 0 Å². The maximum Gasteiger partial charge on any atom is 0.255 e. The fraction of sp³-hybridized carbons (Fsp3) is 0.0769. The molecule has 0 bridgehead atoms. The molecule has 0 saturated heterocycles.